The number of likely N-dealkylation sites (tertiary alicyclic amines) is 1. The largest absolute Gasteiger partial charge is 0.450 e. The Kier molecular flexibility index (Phi) is 7.27. The van der Waals surface area contributed by atoms with Crippen LogP contribution in [0.15, 0.2) is 36.4 Å². The molecule has 0 atom stereocenters. The van der Waals surface area contributed by atoms with Crippen molar-refractivity contribution in [2.45, 2.75) is 39.7 Å². The summed E-state index contributed by atoms with van der Waals surface area (Å²) in [6, 6.07) is 12.3. The highest BCUT2D eigenvalue weighted by Gasteiger charge is 2.24. The van der Waals surface area contributed by atoms with E-state index >= 15 is 0 Å². The molecule has 1 aliphatic heterocycles. The summed E-state index contributed by atoms with van der Waals surface area (Å²) in [4.78, 5) is 25.5. The Morgan fingerprint density at radius 3 is 2.45 bits per heavy atom. The molecular formula is C22H31N5O2. The van der Waals surface area contributed by atoms with Crippen molar-refractivity contribution in [2.24, 2.45) is 0 Å². The van der Waals surface area contributed by atoms with Crippen LogP contribution >= 0.6 is 0 Å². The second-order valence-corrected chi connectivity index (χ2v) is 7.08. The van der Waals surface area contributed by atoms with Crippen LogP contribution in [-0.4, -0.2) is 59.8 Å². The van der Waals surface area contributed by atoms with E-state index in [1.165, 1.54) is 0 Å². The number of piperidine rings is 1. The Labute approximate surface area is 173 Å². The number of carbonyl (C=O) groups is 1. The summed E-state index contributed by atoms with van der Waals surface area (Å²) in [5.41, 5.74) is 1.00. The Morgan fingerprint density at radius 2 is 1.83 bits per heavy atom. The first kappa shape index (κ1) is 20.9. The van der Waals surface area contributed by atoms with Crippen molar-refractivity contribution in [1.82, 2.24) is 14.9 Å². The molecule has 1 aromatic carbocycles. The molecule has 7 nitrogen and oxygen atoms in total. The molecule has 1 N–H and O–H groups in total. The number of nitrogens with one attached hydrogen (secondary N) is 1. The number of nitrogens with zero attached hydrogens (tertiary/aromatic N) is 4. The van der Waals surface area contributed by atoms with E-state index in [1.807, 2.05) is 43.3 Å². The summed E-state index contributed by atoms with van der Waals surface area (Å²) in [5, 5.41) is 3.57. The van der Waals surface area contributed by atoms with Gasteiger partial charge in [-0.25, -0.2) is 14.8 Å². The summed E-state index contributed by atoms with van der Waals surface area (Å²) < 4.78 is 5.11. The summed E-state index contributed by atoms with van der Waals surface area (Å²) >= 11 is 0. The number of benzene rings is 1. The molecule has 7 heteroatoms. The fourth-order valence-electron chi connectivity index (χ4n) is 3.56. The van der Waals surface area contributed by atoms with Crippen molar-refractivity contribution in [3.8, 4) is 11.4 Å². The summed E-state index contributed by atoms with van der Waals surface area (Å²) in [6.45, 7) is 9.66. The van der Waals surface area contributed by atoms with Gasteiger partial charge in [0.2, 0.25) is 0 Å². The van der Waals surface area contributed by atoms with Gasteiger partial charge in [-0.05, 0) is 33.6 Å². The quantitative estimate of drug-likeness (QED) is 0.761. The van der Waals surface area contributed by atoms with Gasteiger partial charge in [0, 0.05) is 43.9 Å². The molecule has 0 bridgehead atoms. The number of ether oxygens (including phenoxy) is 1. The van der Waals surface area contributed by atoms with Crippen LogP contribution in [0, 0.1) is 0 Å². The van der Waals surface area contributed by atoms with Crippen molar-refractivity contribution in [3.05, 3.63) is 36.4 Å². The van der Waals surface area contributed by atoms with E-state index in [1.54, 1.807) is 4.90 Å². The zero-order chi connectivity index (χ0) is 20.6. The van der Waals surface area contributed by atoms with Gasteiger partial charge in [-0.1, -0.05) is 30.3 Å². The van der Waals surface area contributed by atoms with E-state index in [4.69, 9.17) is 14.7 Å². The van der Waals surface area contributed by atoms with Crippen LogP contribution in [-0.2, 0) is 4.74 Å². The van der Waals surface area contributed by atoms with Crippen molar-refractivity contribution in [1.29, 1.82) is 0 Å². The Bertz CT molecular complexity index is 787. The highest BCUT2D eigenvalue weighted by Crippen LogP contribution is 2.24. The lowest BCUT2D eigenvalue weighted by Crippen LogP contribution is -2.42. The molecular weight excluding hydrogens is 366 g/mol. The number of aromatic nitrogens is 2. The van der Waals surface area contributed by atoms with E-state index in [0.717, 1.165) is 49.0 Å². The second kappa shape index (κ2) is 10.1. The van der Waals surface area contributed by atoms with E-state index in [-0.39, 0.29) is 12.1 Å². The van der Waals surface area contributed by atoms with Crippen molar-refractivity contribution in [3.63, 3.8) is 0 Å². The first-order valence-electron chi connectivity index (χ1n) is 10.5. The van der Waals surface area contributed by atoms with Crippen molar-refractivity contribution >= 4 is 17.7 Å². The molecule has 1 aliphatic rings. The average Bonchev–Trinajstić information content (AvgIpc) is 2.76. The third-order valence-electron chi connectivity index (χ3n) is 5.21. The van der Waals surface area contributed by atoms with Crippen LogP contribution in [0.4, 0.5) is 16.4 Å². The predicted octanol–water partition coefficient (Wildman–Crippen LogP) is 4.02. The maximum atomic E-state index is 11.9. The Morgan fingerprint density at radius 1 is 1.14 bits per heavy atom. The maximum Gasteiger partial charge on any atom is 0.409 e. The zero-order valence-electron chi connectivity index (χ0n) is 17.6. The molecule has 156 valence electrons. The molecule has 0 aliphatic carbocycles. The van der Waals surface area contributed by atoms with Crippen LogP contribution in [0.2, 0.25) is 0 Å². The van der Waals surface area contributed by atoms with Gasteiger partial charge in [-0.2, -0.15) is 0 Å². The van der Waals surface area contributed by atoms with E-state index in [2.05, 4.69) is 24.1 Å². The Balaban J connectivity index is 1.76. The molecule has 2 heterocycles. The van der Waals surface area contributed by atoms with Gasteiger partial charge in [-0.3, -0.25) is 0 Å². The van der Waals surface area contributed by atoms with Crippen LogP contribution < -0.4 is 10.2 Å². The van der Waals surface area contributed by atoms with Gasteiger partial charge in [-0.15, -0.1) is 0 Å². The van der Waals surface area contributed by atoms with Crippen LogP contribution in [0.5, 0.6) is 0 Å². The molecule has 1 fully saturated rings. The molecule has 1 saturated heterocycles. The van der Waals surface area contributed by atoms with Gasteiger partial charge in [0.1, 0.15) is 11.6 Å². The molecule has 0 unspecified atom stereocenters. The number of hydrogen-bond acceptors (Lipinski definition) is 6. The number of carbonyl (C=O) groups excluding carboxylic acids is 1. The second-order valence-electron chi connectivity index (χ2n) is 7.08. The molecule has 0 radical (unpaired) electrons. The van der Waals surface area contributed by atoms with E-state index in [0.29, 0.717) is 19.7 Å². The summed E-state index contributed by atoms with van der Waals surface area (Å²) in [7, 11) is 0. The van der Waals surface area contributed by atoms with Crippen molar-refractivity contribution in [2.75, 3.05) is 43.0 Å². The highest BCUT2D eigenvalue weighted by molar-refractivity contribution is 5.67. The van der Waals surface area contributed by atoms with Gasteiger partial charge < -0.3 is 19.9 Å². The lowest BCUT2D eigenvalue weighted by Gasteiger charge is -2.32. The Hall–Kier alpha value is -2.83. The van der Waals surface area contributed by atoms with Crippen LogP contribution in [0.25, 0.3) is 11.4 Å². The first-order valence-corrected chi connectivity index (χ1v) is 10.5. The van der Waals surface area contributed by atoms with Crippen molar-refractivity contribution < 1.29 is 9.53 Å². The summed E-state index contributed by atoms with van der Waals surface area (Å²) in [6.07, 6.45) is 1.51. The minimum atomic E-state index is -0.219. The average molecular weight is 398 g/mol. The number of anilines is 2. The molecule has 0 spiro atoms. The predicted molar refractivity (Wildman–Crippen MR) is 116 cm³/mol. The van der Waals surface area contributed by atoms with Gasteiger partial charge >= 0.3 is 6.09 Å². The lowest BCUT2D eigenvalue weighted by molar-refractivity contribution is 0.0983. The third kappa shape index (κ3) is 5.37. The molecule has 1 aromatic heterocycles. The highest BCUT2D eigenvalue weighted by atomic mass is 16.6. The molecule has 3 rings (SSSR count). The van der Waals surface area contributed by atoms with Crippen LogP contribution in [0.3, 0.4) is 0 Å². The zero-order valence-corrected chi connectivity index (χ0v) is 17.6. The smallest absolute Gasteiger partial charge is 0.409 e. The fourth-order valence-corrected chi connectivity index (χ4v) is 3.56. The third-order valence-corrected chi connectivity index (χ3v) is 5.21. The molecule has 1 amide bonds. The van der Waals surface area contributed by atoms with Gasteiger partial charge in [0.15, 0.2) is 5.82 Å². The maximum absolute atomic E-state index is 11.9. The van der Waals surface area contributed by atoms with Gasteiger partial charge in [0.25, 0.3) is 0 Å². The minimum absolute atomic E-state index is 0.219. The summed E-state index contributed by atoms with van der Waals surface area (Å²) in [5.74, 6) is 2.48. The lowest BCUT2D eigenvalue weighted by atomic mass is 10.1. The number of hydrogen-bond donors (Lipinski definition) is 1. The minimum Gasteiger partial charge on any atom is -0.450 e. The normalized spacial score (nSPS) is 14.5. The first-order chi connectivity index (χ1) is 14.1. The SMILES string of the molecule is CCOC(=O)N1CCC(Nc2cc(N(CC)CC)nc(-c3ccccc3)n2)CC1. The number of amides is 1. The van der Waals surface area contributed by atoms with Gasteiger partial charge in [0.05, 0.1) is 6.61 Å². The molecule has 0 saturated carbocycles. The molecule has 29 heavy (non-hydrogen) atoms. The van der Waals surface area contributed by atoms with E-state index < -0.39 is 0 Å². The number of rotatable bonds is 7. The standard InChI is InChI=1S/C22H31N5O2/c1-4-26(5-2)20-16-19(24-21(25-20)17-10-8-7-9-11-17)23-18-12-14-27(15-13-18)22(28)29-6-3/h7-11,16,18H,4-6,12-15H2,1-3H3,(H,23,24,25). The molecule has 2 aromatic rings. The van der Waals surface area contributed by atoms with Crippen LogP contribution in [0.1, 0.15) is 33.6 Å². The van der Waals surface area contributed by atoms with E-state index in [9.17, 15) is 4.79 Å². The monoisotopic (exact) mass is 397 g/mol. The topological polar surface area (TPSA) is 70.6 Å². The fraction of sp³-hybridized carbons (Fsp3) is 0.500.